The molecule has 2 bridgehead atoms. The van der Waals surface area contributed by atoms with E-state index in [9.17, 15) is 13.2 Å². The SMILES string of the molecule is CCS(=O)(=O)N1C[C@H]2C[C@@H](C1)[C@H](CNC(=O)c1ccc[nH]1)N1CCCC[C@@H]21. The average molecular weight is 395 g/mol. The van der Waals surface area contributed by atoms with Crippen LogP contribution in [0, 0.1) is 11.8 Å². The molecule has 0 saturated carbocycles. The van der Waals surface area contributed by atoms with E-state index in [1.807, 2.05) is 6.07 Å². The monoisotopic (exact) mass is 394 g/mol. The number of rotatable bonds is 5. The number of nitrogens with zero attached hydrogens (tertiary/aromatic N) is 2. The van der Waals surface area contributed by atoms with Crippen molar-refractivity contribution in [2.24, 2.45) is 11.8 Å². The van der Waals surface area contributed by atoms with Crippen LogP contribution in [0.1, 0.15) is 43.1 Å². The molecule has 0 radical (unpaired) electrons. The topological polar surface area (TPSA) is 85.5 Å². The summed E-state index contributed by atoms with van der Waals surface area (Å²) in [4.78, 5) is 17.9. The number of aromatic nitrogens is 1. The number of fused-ring (bicyclic) bond motifs is 4. The summed E-state index contributed by atoms with van der Waals surface area (Å²) >= 11 is 0. The van der Waals surface area contributed by atoms with Crippen LogP contribution in [0.2, 0.25) is 0 Å². The zero-order valence-electron chi connectivity index (χ0n) is 15.9. The van der Waals surface area contributed by atoms with Gasteiger partial charge in [-0.1, -0.05) is 6.42 Å². The number of H-pyrrole nitrogens is 1. The van der Waals surface area contributed by atoms with Gasteiger partial charge in [-0.15, -0.1) is 0 Å². The molecule has 4 atom stereocenters. The first kappa shape index (κ1) is 19.0. The predicted octanol–water partition coefficient (Wildman–Crippen LogP) is 1.27. The number of piperidine rings is 3. The number of amides is 1. The molecule has 0 spiro atoms. The fraction of sp³-hybridized carbons (Fsp3) is 0.737. The molecule has 8 heteroatoms. The van der Waals surface area contributed by atoms with E-state index < -0.39 is 10.0 Å². The van der Waals surface area contributed by atoms with Crippen molar-refractivity contribution >= 4 is 15.9 Å². The highest BCUT2D eigenvalue weighted by Gasteiger charge is 2.48. The Bertz CT molecular complexity index is 764. The van der Waals surface area contributed by atoms with Crippen molar-refractivity contribution in [3.63, 3.8) is 0 Å². The molecule has 3 aliphatic heterocycles. The van der Waals surface area contributed by atoms with Gasteiger partial charge in [0.1, 0.15) is 5.69 Å². The number of hydrogen-bond donors (Lipinski definition) is 2. The summed E-state index contributed by atoms with van der Waals surface area (Å²) in [5.74, 6) is 0.767. The van der Waals surface area contributed by atoms with Gasteiger partial charge in [-0.25, -0.2) is 12.7 Å². The molecule has 3 saturated heterocycles. The first-order chi connectivity index (χ1) is 13.0. The van der Waals surface area contributed by atoms with E-state index in [0.717, 1.165) is 19.4 Å². The van der Waals surface area contributed by atoms with Crippen molar-refractivity contribution < 1.29 is 13.2 Å². The van der Waals surface area contributed by atoms with Crippen LogP contribution in [0.15, 0.2) is 18.3 Å². The second-order valence-corrected chi connectivity index (χ2v) is 10.4. The normalized spacial score (nSPS) is 32.0. The van der Waals surface area contributed by atoms with E-state index in [-0.39, 0.29) is 23.6 Å². The van der Waals surface area contributed by atoms with E-state index in [0.29, 0.717) is 37.3 Å². The van der Waals surface area contributed by atoms with Gasteiger partial charge in [0.25, 0.3) is 5.91 Å². The highest BCUT2D eigenvalue weighted by molar-refractivity contribution is 7.89. The minimum Gasteiger partial charge on any atom is -0.357 e. The molecule has 0 aliphatic carbocycles. The van der Waals surface area contributed by atoms with Crippen LogP contribution >= 0.6 is 0 Å². The molecule has 4 rings (SSSR count). The standard InChI is InChI=1S/C19H30N4O3S/c1-2-27(25,26)22-12-14-10-15(13-22)18(23-9-4-3-7-17(14)23)11-21-19(24)16-6-5-8-20-16/h5-6,8,14-15,17-18,20H,2-4,7,9-13H2,1H3,(H,21,24)/t14-,15+,17+,18+/m1/s1. The smallest absolute Gasteiger partial charge is 0.267 e. The van der Waals surface area contributed by atoms with Gasteiger partial charge in [0, 0.05) is 37.9 Å². The van der Waals surface area contributed by atoms with Crippen LogP contribution in [0.5, 0.6) is 0 Å². The molecule has 3 fully saturated rings. The molecule has 7 nitrogen and oxygen atoms in total. The van der Waals surface area contributed by atoms with Gasteiger partial charge < -0.3 is 10.3 Å². The minimum atomic E-state index is -3.17. The van der Waals surface area contributed by atoms with Crippen molar-refractivity contribution in [1.29, 1.82) is 0 Å². The molecule has 0 aromatic carbocycles. The van der Waals surface area contributed by atoms with E-state index >= 15 is 0 Å². The maximum absolute atomic E-state index is 12.5. The molecule has 1 amide bonds. The lowest BCUT2D eigenvalue weighted by atomic mass is 9.73. The molecule has 2 N–H and O–H groups in total. The third-order valence-corrected chi connectivity index (χ3v) is 8.48. The summed E-state index contributed by atoms with van der Waals surface area (Å²) in [5, 5.41) is 3.08. The Morgan fingerprint density at radius 2 is 2.11 bits per heavy atom. The van der Waals surface area contributed by atoms with Crippen LogP contribution in [0.4, 0.5) is 0 Å². The molecular formula is C19H30N4O3S. The number of carbonyl (C=O) groups excluding carboxylic acids is 1. The lowest BCUT2D eigenvalue weighted by Crippen LogP contribution is -2.66. The third kappa shape index (κ3) is 3.67. The van der Waals surface area contributed by atoms with Gasteiger partial charge in [-0.2, -0.15) is 0 Å². The second-order valence-electron chi connectivity index (χ2n) is 8.14. The largest absolute Gasteiger partial charge is 0.357 e. The predicted molar refractivity (Wildman–Crippen MR) is 104 cm³/mol. The number of carbonyl (C=O) groups is 1. The first-order valence-corrected chi connectivity index (χ1v) is 11.8. The summed E-state index contributed by atoms with van der Waals surface area (Å²) in [6.07, 6.45) is 6.35. The van der Waals surface area contributed by atoms with Crippen LogP contribution in [0.3, 0.4) is 0 Å². The molecule has 0 unspecified atom stereocenters. The van der Waals surface area contributed by atoms with Gasteiger partial charge in [0.05, 0.1) is 5.75 Å². The lowest BCUT2D eigenvalue weighted by Gasteiger charge is -2.56. The van der Waals surface area contributed by atoms with Crippen LogP contribution in [-0.4, -0.2) is 72.5 Å². The average Bonchev–Trinajstić information content (AvgIpc) is 3.22. The zero-order valence-corrected chi connectivity index (χ0v) is 16.7. The molecule has 4 heterocycles. The Morgan fingerprint density at radius 3 is 2.85 bits per heavy atom. The Labute approximate surface area is 161 Å². The molecule has 3 aliphatic rings. The van der Waals surface area contributed by atoms with Crippen molar-refractivity contribution in [3.05, 3.63) is 24.0 Å². The van der Waals surface area contributed by atoms with Gasteiger partial charge in [0.2, 0.25) is 10.0 Å². The van der Waals surface area contributed by atoms with Crippen LogP contribution < -0.4 is 5.32 Å². The molecular weight excluding hydrogens is 364 g/mol. The Morgan fingerprint density at radius 1 is 1.30 bits per heavy atom. The molecule has 1 aromatic rings. The van der Waals surface area contributed by atoms with Gasteiger partial charge in [-0.05, 0) is 56.7 Å². The summed E-state index contributed by atoms with van der Waals surface area (Å²) in [6.45, 7) is 4.60. The summed E-state index contributed by atoms with van der Waals surface area (Å²) in [5.41, 5.74) is 0.567. The Balaban J connectivity index is 1.52. The number of aromatic amines is 1. The van der Waals surface area contributed by atoms with E-state index in [2.05, 4.69) is 15.2 Å². The maximum Gasteiger partial charge on any atom is 0.267 e. The van der Waals surface area contributed by atoms with Crippen LogP contribution in [-0.2, 0) is 10.0 Å². The minimum absolute atomic E-state index is 0.0930. The molecule has 1 aromatic heterocycles. The van der Waals surface area contributed by atoms with Gasteiger partial charge >= 0.3 is 0 Å². The maximum atomic E-state index is 12.5. The Kier molecular flexibility index (Phi) is 5.31. The van der Waals surface area contributed by atoms with Crippen molar-refractivity contribution in [2.75, 3.05) is 31.9 Å². The number of sulfonamides is 1. The molecule has 27 heavy (non-hydrogen) atoms. The van der Waals surface area contributed by atoms with Crippen molar-refractivity contribution in [2.45, 2.75) is 44.7 Å². The van der Waals surface area contributed by atoms with E-state index in [1.54, 1.807) is 23.5 Å². The highest BCUT2D eigenvalue weighted by Crippen LogP contribution is 2.41. The fourth-order valence-corrected chi connectivity index (χ4v) is 6.52. The van der Waals surface area contributed by atoms with Crippen LogP contribution in [0.25, 0.3) is 0 Å². The molecule has 150 valence electrons. The lowest BCUT2D eigenvalue weighted by molar-refractivity contribution is -0.0538. The zero-order chi connectivity index (χ0) is 19.0. The van der Waals surface area contributed by atoms with Crippen molar-refractivity contribution in [1.82, 2.24) is 19.5 Å². The highest BCUT2D eigenvalue weighted by atomic mass is 32.2. The van der Waals surface area contributed by atoms with Gasteiger partial charge in [0.15, 0.2) is 0 Å². The van der Waals surface area contributed by atoms with E-state index in [1.165, 1.54) is 12.8 Å². The van der Waals surface area contributed by atoms with Gasteiger partial charge in [-0.3, -0.25) is 9.69 Å². The second kappa shape index (κ2) is 7.56. The number of hydrogen-bond acceptors (Lipinski definition) is 4. The third-order valence-electron chi connectivity index (χ3n) is 6.66. The summed E-state index contributed by atoms with van der Waals surface area (Å²) < 4.78 is 26.7. The number of nitrogens with one attached hydrogen (secondary N) is 2. The summed E-state index contributed by atoms with van der Waals surface area (Å²) in [6, 6.07) is 4.24. The van der Waals surface area contributed by atoms with E-state index in [4.69, 9.17) is 0 Å². The fourth-order valence-electron chi connectivity index (χ4n) is 5.32. The quantitative estimate of drug-likeness (QED) is 0.788. The first-order valence-electron chi connectivity index (χ1n) is 10.1. The Hall–Kier alpha value is -1.38. The van der Waals surface area contributed by atoms with Crippen molar-refractivity contribution in [3.8, 4) is 0 Å². The summed E-state index contributed by atoms with van der Waals surface area (Å²) in [7, 11) is -3.17.